The van der Waals surface area contributed by atoms with Crippen molar-refractivity contribution >= 4 is 5.69 Å². The van der Waals surface area contributed by atoms with E-state index in [9.17, 15) is 0 Å². The van der Waals surface area contributed by atoms with Crippen LogP contribution in [0.2, 0.25) is 0 Å². The SMILES string of the molecule is Nc1ccncc1-c1cncn1-c1cn[nH]c1. The van der Waals surface area contributed by atoms with Crippen LogP contribution in [0.4, 0.5) is 5.69 Å². The molecule has 0 aliphatic heterocycles. The molecule has 3 aromatic rings. The number of H-pyrrole nitrogens is 1. The maximum atomic E-state index is 5.93. The van der Waals surface area contributed by atoms with Gasteiger partial charge in [0.1, 0.15) is 0 Å². The Labute approximate surface area is 97.1 Å². The van der Waals surface area contributed by atoms with Gasteiger partial charge in [0.15, 0.2) is 0 Å². The molecule has 3 N–H and O–H groups in total. The van der Waals surface area contributed by atoms with E-state index in [4.69, 9.17) is 5.73 Å². The number of rotatable bonds is 2. The lowest BCUT2D eigenvalue weighted by Crippen LogP contribution is -1.97. The lowest BCUT2D eigenvalue weighted by atomic mass is 10.2. The van der Waals surface area contributed by atoms with Crippen molar-refractivity contribution in [3.63, 3.8) is 0 Å². The van der Waals surface area contributed by atoms with E-state index in [2.05, 4.69) is 20.2 Å². The van der Waals surface area contributed by atoms with Crippen LogP contribution in [0, 0.1) is 0 Å². The van der Waals surface area contributed by atoms with E-state index < -0.39 is 0 Å². The van der Waals surface area contributed by atoms with Gasteiger partial charge in [-0.2, -0.15) is 5.10 Å². The molecule has 0 unspecified atom stereocenters. The third-order valence-corrected chi connectivity index (χ3v) is 2.53. The topological polar surface area (TPSA) is 85.4 Å². The van der Waals surface area contributed by atoms with E-state index in [1.165, 1.54) is 0 Å². The molecule has 0 fully saturated rings. The Kier molecular flexibility index (Phi) is 2.11. The highest BCUT2D eigenvalue weighted by Gasteiger charge is 2.10. The Balaban J connectivity index is 2.17. The highest BCUT2D eigenvalue weighted by Crippen LogP contribution is 2.26. The molecular weight excluding hydrogens is 216 g/mol. The normalized spacial score (nSPS) is 10.6. The van der Waals surface area contributed by atoms with E-state index in [1.54, 1.807) is 43.4 Å². The largest absolute Gasteiger partial charge is 0.398 e. The second kappa shape index (κ2) is 3.75. The van der Waals surface area contributed by atoms with Crippen LogP contribution in [0.15, 0.2) is 43.4 Å². The number of nitrogens with one attached hydrogen (secondary N) is 1. The number of imidazole rings is 1. The molecule has 0 aliphatic rings. The molecule has 3 heterocycles. The number of hydrogen-bond acceptors (Lipinski definition) is 4. The molecule has 6 heteroatoms. The zero-order valence-electron chi connectivity index (χ0n) is 8.91. The lowest BCUT2D eigenvalue weighted by Gasteiger charge is -2.07. The van der Waals surface area contributed by atoms with Crippen LogP contribution in [-0.2, 0) is 0 Å². The van der Waals surface area contributed by atoms with E-state index >= 15 is 0 Å². The van der Waals surface area contributed by atoms with E-state index in [-0.39, 0.29) is 0 Å². The van der Waals surface area contributed by atoms with Gasteiger partial charge in [-0.15, -0.1) is 0 Å². The first-order valence-electron chi connectivity index (χ1n) is 5.07. The maximum Gasteiger partial charge on any atom is 0.0998 e. The van der Waals surface area contributed by atoms with Gasteiger partial charge in [0.05, 0.1) is 30.1 Å². The fourth-order valence-electron chi connectivity index (χ4n) is 1.70. The number of aromatic amines is 1. The van der Waals surface area contributed by atoms with Crippen molar-refractivity contribution in [3.05, 3.63) is 43.4 Å². The number of aromatic nitrogens is 5. The average Bonchev–Trinajstić information content (AvgIpc) is 3.00. The molecule has 0 aliphatic carbocycles. The Morgan fingerprint density at radius 3 is 2.88 bits per heavy atom. The van der Waals surface area contributed by atoms with Crippen LogP contribution >= 0.6 is 0 Å². The molecule has 6 nitrogen and oxygen atoms in total. The van der Waals surface area contributed by atoms with E-state index in [0.717, 1.165) is 16.9 Å². The van der Waals surface area contributed by atoms with Gasteiger partial charge in [-0.1, -0.05) is 0 Å². The van der Waals surface area contributed by atoms with Crippen LogP contribution < -0.4 is 5.73 Å². The van der Waals surface area contributed by atoms with Gasteiger partial charge in [0, 0.05) is 29.8 Å². The van der Waals surface area contributed by atoms with Crippen molar-refractivity contribution in [2.75, 3.05) is 5.73 Å². The Hall–Kier alpha value is -2.63. The van der Waals surface area contributed by atoms with Crippen LogP contribution in [0.3, 0.4) is 0 Å². The Bertz CT molecular complexity index is 625. The first kappa shape index (κ1) is 9.59. The number of nitrogens with two attached hydrogens (primary N) is 1. The quantitative estimate of drug-likeness (QED) is 0.688. The fourth-order valence-corrected chi connectivity index (χ4v) is 1.70. The van der Waals surface area contributed by atoms with Crippen molar-refractivity contribution in [2.24, 2.45) is 0 Å². The zero-order valence-corrected chi connectivity index (χ0v) is 8.91. The first-order chi connectivity index (χ1) is 8.36. The third kappa shape index (κ3) is 1.55. The number of nitrogen functional groups attached to an aromatic ring is 1. The summed E-state index contributed by atoms with van der Waals surface area (Å²) >= 11 is 0. The van der Waals surface area contributed by atoms with Gasteiger partial charge in [-0.3, -0.25) is 14.6 Å². The number of pyridine rings is 1. The van der Waals surface area contributed by atoms with Crippen molar-refractivity contribution < 1.29 is 0 Å². The molecule has 0 saturated heterocycles. The summed E-state index contributed by atoms with van der Waals surface area (Å²) in [5, 5.41) is 6.68. The Morgan fingerprint density at radius 1 is 1.18 bits per heavy atom. The number of anilines is 1. The van der Waals surface area contributed by atoms with Gasteiger partial charge in [0.25, 0.3) is 0 Å². The summed E-state index contributed by atoms with van der Waals surface area (Å²) in [7, 11) is 0. The molecule has 0 spiro atoms. The summed E-state index contributed by atoms with van der Waals surface area (Å²) in [4.78, 5) is 8.21. The molecule has 0 bridgehead atoms. The summed E-state index contributed by atoms with van der Waals surface area (Å²) in [6.07, 6.45) is 10.4. The minimum absolute atomic E-state index is 0.672. The number of hydrogen-bond donors (Lipinski definition) is 2. The third-order valence-electron chi connectivity index (χ3n) is 2.53. The molecule has 0 radical (unpaired) electrons. The van der Waals surface area contributed by atoms with Crippen LogP contribution in [0.5, 0.6) is 0 Å². The summed E-state index contributed by atoms with van der Waals surface area (Å²) in [6, 6.07) is 1.77. The molecule has 84 valence electrons. The van der Waals surface area contributed by atoms with Crippen molar-refractivity contribution in [2.45, 2.75) is 0 Å². The Morgan fingerprint density at radius 2 is 2.12 bits per heavy atom. The minimum atomic E-state index is 0.672. The van der Waals surface area contributed by atoms with Crippen molar-refractivity contribution in [3.8, 4) is 16.9 Å². The second-order valence-electron chi connectivity index (χ2n) is 3.57. The zero-order chi connectivity index (χ0) is 11.7. The van der Waals surface area contributed by atoms with Gasteiger partial charge in [-0.25, -0.2) is 4.98 Å². The first-order valence-corrected chi connectivity index (χ1v) is 5.07. The minimum Gasteiger partial charge on any atom is -0.398 e. The van der Waals surface area contributed by atoms with Gasteiger partial charge in [-0.05, 0) is 6.07 Å². The number of nitrogens with zero attached hydrogens (tertiary/aromatic N) is 4. The van der Waals surface area contributed by atoms with Crippen LogP contribution in [0.1, 0.15) is 0 Å². The molecule has 0 saturated carbocycles. The maximum absolute atomic E-state index is 5.93. The average molecular weight is 226 g/mol. The highest BCUT2D eigenvalue weighted by molar-refractivity contribution is 5.73. The smallest absolute Gasteiger partial charge is 0.0998 e. The molecular formula is C11H10N6. The van der Waals surface area contributed by atoms with Crippen molar-refractivity contribution in [1.29, 1.82) is 0 Å². The molecule has 17 heavy (non-hydrogen) atoms. The van der Waals surface area contributed by atoms with Crippen LogP contribution in [0.25, 0.3) is 16.9 Å². The summed E-state index contributed by atoms with van der Waals surface area (Å²) in [5.74, 6) is 0. The summed E-state index contributed by atoms with van der Waals surface area (Å²) in [5.41, 5.74) is 9.24. The predicted molar refractivity (Wildman–Crippen MR) is 63.4 cm³/mol. The van der Waals surface area contributed by atoms with Gasteiger partial charge < -0.3 is 5.73 Å². The molecule has 0 aromatic carbocycles. The van der Waals surface area contributed by atoms with Crippen LogP contribution in [-0.4, -0.2) is 24.7 Å². The second-order valence-corrected chi connectivity index (χ2v) is 3.57. The van der Waals surface area contributed by atoms with E-state index in [1.807, 2.05) is 4.57 Å². The molecule has 3 rings (SSSR count). The molecule has 3 aromatic heterocycles. The molecule has 0 atom stereocenters. The summed E-state index contributed by atoms with van der Waals surface area (Å²) in [6.45, 7) is 0. The summed E-state index contributed by atoms with van der Waals surface area (Å²) < 4.78 is 1.90. The van der Waals surface area contributed by atoms with Crippen molar-refractivity contribution in [1.82, 2.24) is 24.7 Å². The van der Waals surface area contributed by atoms with E-state index in [0.29, 0.717) is 5.69 Å². The molecule has 0 amide bonds. The lowest BCUT2D eigenvalue weighted by molar-refractivity contribution is 1.06. The fraction of sp³-hybridized carbons (Fsp3) is 0. The predicted octanol–water partition coefficient (Wildman–Crippen LogP) is 1.24. The van der Waals surface area contributed by atoms with Gasteiger partial charge in [0.2, 0.25) is 0 Å². The van der Waals surface area contributed by atoms with Gasteiger partial charge >= 0.3 is 0 Å². The highest BCUT2D eigenvalue weighted by atomic mass is 15.1. The standard InChI is InChI=1S/C11H10N6/c12-10-1-2-13-5-9(10)11-6-14-7-17(11)8-3-15-16-4-8/h1-7H,(H2,12,13)(H,15,16). The monoisotopic (exact) mass is 226 g/mol.